The molecule has 13 nitrogen and oxygen atoms in total. The van der Waals surface area contributed by atoms with Crippen molar-refractivity contribution >= 4 is 28.6 Å². The van der Waals surface area contributed by atoms with Gasteiger partial charge in [-0.25, -0.2) is 37.5 Å². The van der Waals surface area contributed by atoms with E-state index < -0.39 is 23.4 Å². The second-order valence-electron chi connectivity index (χ2n) is 12.5. The number of pyridine rings is 1. The highest BCUT2D eigenvalue weighted by Gasteiger charge is 2.48. The van der Waals surface area contributed by atoms with Gasteiger partial charge in [0.05, 0.1) is 36.1 Å². The molecule has 0 aliphatic heterocycles. The summed E-state index contributed by atoms with van der Waals surface area (Å²) in [5, 5.41) is 22.4. The number of rotatable bonds is 9. The molecule has 0 unspecified atom stereocenters. The molecule has 246 valence electrons. The number of amides is 1. The summed E-state index contributed by atoms with van der Waals surface area (Å²) in [5.74, 6) is -1.47. The van der Waals surface area contributed by atoms with Crippen molar-refractivity contribution in [2.24, 2.45) is 0 Å². The summed E-state index contributed by atoms with van der Waals surface area (Å²) in [6.07, 6.45) is 6.95. The Hall–Kier alpha value is -4.86. The van der Waals surface area contributed by atoms with E-state index in [1.807, 2.05) is 26.0 Å². The van der Waals surface area contributed by atoms with E-state index in [1.54, 1.807) is 23.1 Å². The molecule has 5 aromatic rings. The minimum Gasteiger partial charge on any atom is -0.368 e. The number of aromatic amines is 1. The fourth-order valence-corrected chi connectivity index (χ4v) is 6.39. The molecule has 5 aromatic heterocycles. The van der Waals surface area contributed by atoms with Crippen LogP contribution in [0.5, 0.6) is 0 Å². The number of H-pyrrole nitrogens is 1. The molecule has 2 saturated carbocycles. The SMILES string of the molecule is CO[C@]1(C(=O)N[C@@H](C)c2ccc(-n3cc(F)cn3)nc2)CC[C@@H](c2nc(Nc3cc(C)[nH]n3)c3cnn(C4CC(F)(F)C4)c3n2)CC1. The van der Waals surface area contributed by atoms with Crippen LogP contribution in [-0.4, -0.2) is 69.3 Å². The van der Waals surface area contributed by atoms with E-state index in [1.165, 1.54) is 18.0 Å². The Morgan fingerprint density at radius 1 is 1.13 bits per heavy atom. The molecular weight excluding hydrogens is 615 g/mol. The number of hydrogen-bond donors (Lipinski definition) is 3. The molecule has 0 bridgehead atoms. The maximum Gasteiger partial charge on any atom is 0.252 e. The number of aryl methyl sites for hydroxylation is 1. The molecule has 47 heavy (non-hydrogen) atoms. The summed E-state index contributed by atoms with van der Waals surface area (Å²) in [6.45, 7) is 3.74. The normalized spacial score (nSPS) is 21.8. The van der Waals surface area contributed by atoms with E-state index in [-0.39, 0.29) is 30.7 Å². The fraction of sp³-hybridized carbons (Fsp3) is 0.452. The van der Waals surface area contributed by atoms with E-state index in [9.17, 15) is 18.0 Å². The lowest BCUT2D eigenvalue weighted by Gasteiger charge is -2.38. The van der Waals surface area contributed by atoms with Crippen LogP contribution in [0.25, 0.3) is 16.9 Å². The van der Waals surface area contributed by atoms with Crippen molar-refractivity contribution in [2.75, 3.05) is 12.4 Å². The Bertz CT molecular complexity index is 1900. The first-order valence-electron chi connectivity index (χ1n) is 15.5. The fourth-order valence-electron chi connectivity index (χ4n) is 6.39. The molecule has 2 aliphatic rings. The third kappa shape index (κ3) is 5.92. The number of carbonyl (C=O) groups excluding carboxylic acids is 1. The van der Waals surface area contributed by atoms with Gasteiger partial charge in [-0.1, -0.05) is 6.07 Å². The lowest BCUT2D eigenvalue weighted by atomic mass is 9.77. The van der Waals surface area contributed by atoms with E-state index in [0.29, 0.717) is 60.0 Å². The van der Waals surface area contributed by atoms with Crippen molar-refractivity contribution in [1.29, 1.82) is 0 Å². The number of halogens is 3. The first kappa shape index (κ1) is 30.8. The van der Waals surface area contributed by atoms with Gasteiger partial charge in [0.25, 0.3) is 11.8 Å². The monoisotopic (exact) mass is 649 g/mol. The number of nitrogens with zero attached hydrogens (tertiary/aromatic N) is 8. The Kier molecular flexibility index (Phi) is 7.69. The molecule has 7 rings (SSSR count). The molecule has 3 N–H and O–H groups in total. The van der Waals surface area contributed by atoms with Crippen LogP contribution >= 0.6 is 0 Å². The number of carbonyl (C=O) groups is 1. The predicted molar refractivity (Wildman–Crippen MR) is 164 cm³/mol. The van der Waals surface area contributed by atoms with Crippen LogP contribution in [-0.2, 0) is 9.53 Å². The number of fused-ring (bicyclic) bond motifs is 1. The van der Waals surface area contributed by atoms with E-state index >= 15 is 0 Å². The van der Waals surface area contributed by atoms with Crippen molar-refractivity contribution < 1.29 is 22.7 Å². The van der Waals surface area contributed by atoms with Crippen molar-refractivity contribution in [3.63, 3.8) is 0 Å². The second kappa shape index (κ2) is 11.7. The van der Waals surface area contributed by atoms with Crippen molar-refractivity contribution in [2.45, 2.75) is 81.9 Å². The lowest BCUT2D eigenvalue weighted by Crippen LogP contribution is -2.50. The van der Waals surface area contributed by atoms with Gasteiger partial charge in [0.15, 0.2) is 23.1 Å². The maximum absolute atomic E-state index is 13.8. The highest BCUT2D eigenvalue weighted by molar-refractivity contribution is 5.88. The van der Waals surface area contributed by atoms with Gasteiger partial charge in [-0.05, 0) is 51.2 Å². The van der Waals surface area contributed by atoms with Crippen LogP contribution < -0.4 is 10.6 Å². The van der Waals surface area contributed by atoms with Crippen molar-refractivity contribution in [3.8, 4) is 5.82 Å². The number of aromatic nitrogens is 9. The van der Waals surface area contributed by atoms with Gasteiger partial charge in [0, 0.05) is 43.8 Å². The standard InChI is InChI=1S/C31H34F3N11O2/c1-17-10-24(43-42-17)39-27-23-15-37-45(22-11-31(33,34)12-22)28(23)41-26(40-27)19-6-8-30(47-3,9-7-19)29(46)38-18(2)20-4-5-25(35-13-20)44-16-21(32)14-36-44/h4-5,10,13-16,18-19,22H,6-9,11-12H2,1-3H3,(H,38,46)(H2,39,40,41,42,43)/t18-,19-,30-/m0/s1. The first-order chi connectivity index (χ1) is 22.5. The van der Waals surface area contributed by atoms with Crippen LogP contribution in [0.2, 0.25) is 0 Å². The van der Waals surface area contributed by atoms with E-state index in [0.717, 1.165) is 17.5 Å². The van der Waals surface area contributed by atoms with Crippen molar-refractivity contribution in [3.05, 3.63) is 65.9 Å². The highest BCUT2D eigenvalue weighted by Crippen LogP contribution is 2.47. The Balaban J connectivity index is 1.08. The Morgan fingerprint density at radius 3 is 2.53 bits per heavy atom. The van der Waals surface area contributed by atoms with Gasteiger partial charge < -0.3 is 15.4 Å². The largest absolute Gasteiger partial charge is 0.368 e. The number of anilines is 2. The maximum atomic E-state index is 13.8. The summed E-state index contributed by atoms with van der Waals surface area (Å²) in [4.78, 5) is 27.7. The Morgan fingerprint density at radius 2 is 1.91 bits per heavy atom. The number of ether oxygens (including phenoxy) is 1. The average Bonchev–Trinajstić information content (AvgIpc) is 3.79. The molecule has 2 aliphatic carbocycles. The minimum atomic E-state index is -2.71. The predicted octanol–water partition coefficient (Wildman–Crippen LogP) is 5.21. The summed E-state index contributed by atoms with van der Waals surface area (Å²) in [6, 6.07) is 4.53. The minimum absolute atomic E-state index is 0.107. The molecule has 0 radical (unpaired) electrons. The van der Waals surface area contributed by atoms with Gasteiger partial charge in [-0.15, -0.1) is 0 Å². The second-order valence-corrected chi connectivity index (χ2v) is 12.5. The number of alkyl halides is 2. The number of nitrogens with one attached hydrogen (secondary N) is 3. The molecule has 0 aromatic carbocycles. The lowest BCUT2D eigenvalue weighted by molar-refractivity contribution is -0.148. The molecule has 16 heteroatoms. The molecule has 0 saturated heterocycles. The third-order valence-corrected chi connectivity index (χ3v) is 9.21. The zero-order valence-electron chi connectivity index (χ0n) is 26.0. The summed E-state index contributed by atoms with van der Waals surface area (Å²) < 4.78 is 49.7. The van der Waals surface area contributed by atoms with Crippen LogP contribution in [0.3, 0.4) is 0 Å². The number of hydrogen-bond acceptors (Lipinski definition) is 9. The van der Waals surface area contributed by atoms with Gasteiger partial charge >= 0.3 is 0 Å². The van der Waals surface area contributed by atoms with Crippen LogP contribution in [0.1, 0.15) is 80.5 Å². The highest BCUT2D eigenvalue weighted by atomic mass is 19.3. The molecular formula is C31H34F3N11O2. The van der Waals surface area contributed by atoms with Gasteiger partial charge in [0.1, 0.15) is 17.2 Å². The van der Waals surface area contributed by atoms with Crippen LogP contribution in [0.4, 0.5) is 24.8 Å². The molecule has 1 atom stereocenters. The molecule has 1 amide bonds. The van der Waals surface area contributed by atoms with E-state index in [4.69, 9.17) is 14.7 Å². The molecule has 0 spiro atoms. The number of methoxy groups -OCH3 is 1. The topological polar surface area (TPSA) is 153 Å². The molecule has 2 fully saturated rings. The molecule has 5 heterocycles. The quantitative estimate of drug-likeness (QED) is 0.195. The van der Waals surface area contributed by atoms with Gasteiger partial charge in [-0.3, -0.25) is 9.89 Å². The van der Waals surface area contributed by atoms with Crippen molar-refractivity contribution in [1.82, 2.24) is 50.0 Å². The summed E-state index contributed by atoms with van der Waals surface area (Å²) >= 11 is 0. The third-order valence-electron chi connectivity index (χ3n) is 9.21. The summed E-state index contributed by atoms with van der Waals surface area (Å²) in [5.41, 5.74) is 1.06. The van der Waals surface area contributed by atoms with Crippen LogP contribution in [0, 0.1) is 12.7 Å². The first-order valence-corrected chi connectivity index (χ1v) is 15.5. The Labute approximate surface area is 267 Å². The van der Waals surface area contributed by atoms with Gasteiger partial charge in [-0.2, -0.15) is 15.3 Å². The van der Waals surface area contributed by atoms with Gasteiger partial charge in [0.2, 0.25) is 0 Å². The van der Waals surface area contributed by atoms with E-state index in [2.05, 4.69) is 36.0 Å². The zero-order valence-corrected chi connectivity index (χ0v) is 26.0. The average molecular weight is 650 g/mol. The smallest absolute Gasteiger partial charge is 0.252 e. The van der Waals surface area contributed by atoms with Crippen LogP contribution in [0.15, 0.2) is 43.0 Å². The summed E-state index contributed by atoms with van der Waals surface area (Å²) in [7, 11) is 1.54. The zero-order chi connectivity index (χ0) is 32.9.